The first-order valence-electron chi connectivity index (χ1n) is 11.0. The van der Waals surface area contributed by atoms with Crippen molar-refractivity contribution >= 4 is 27.3 Å². The van der Waals surface area contributed by atoms with Gasteiger partial charge in [0.2, 0.25) is 16.0 Å². The van der Waals surface area contributed by atoms with E-state index in [0.29, 0.717) is 23.2 Å². The number of aromatic nitrogens is 6. The van der Waals surface area contributed by atoms with Gasteiger partial charge < -0.3 is 5.32 Å². The van der Waals surface area contributed by atoms with Gasteiger partial charge in [0.1, 0.15) is 6.33 Å². The van der Waals surface area contributed by atoms with Gasteiger partial charge in [0.25, 0.3) is 0 Å². The number of nitrogens with one attached hydrogen (secondary N) is 2. The summed E-state index contributed by atoms with van der Waals surface area (Å²) >= 11 is 0. The lowest BCUT2D eigenvalue weighted by Gasteiger charge is -2.08. The SMILES string of the molecule is Cc1ccc(-c2ncn(-c3ccc(Nc4nccc(-c5ccc(NS(C)(=O)=O)cc5)n4)cc3)n2)cn1. The number of hydrogen-bond acceptors (Lipinski definition) is 8. The topological polar surface area (TPSA) is 128 Å². The summed E-state index contributed by atoms with van der Waals surface area (Å²) in [6.07, 6.45) is 6.21. The van der Waals surface area contributed by atoms with Crippen LogP contribution >= 0.6 is 0 Å². The van der Waals surface area contributed by atoms with E-state index in [-0.39, 0.29) is 0 Å². The van der Waals surface area contributed by atoms with Crippen LogP contribution in [0.25, 0.3) is 28.3 Å². The molecule has 0 aliphatic rings. The molecule has 3 aromatic heterocycles. The third kappa shape index (κ3) is 5.53. The van der Waals surface area contributed by atoms with Crippen molar-refractivity contribution in [3.63, 3.8) is 0 Å². The van der Waals surface area contributed by atoms with E-state index in [1.54, 1.807) is 53.7 Å². The predicted molar refractivity (Wildman–Crippen MR) is 139 cm³/mol. The zero-order chi connectivity index (χ0) is 25.1. The van der Waals surface area contributed by atoms with E-state index < -0.39 is 10.0 Å². The van der Waals surface area contributed by atoms with E-state index in [0.717, 1.165) is 34.5 Å². The minimum Gasteiger partial charge on any atom is -0.324 e. The summed E-state index contributed by atoms with van der Waals surface area (Å²) in [5, 5.41) is 7.75. The predicted octanol–water partition coefficient (Wildman–Crippen LogP) is 4.21. The van der Waals surface area contributed by atoms with Gasteiger partial charge >= 0.3 is 0 Å². The molecule has 0 unspecified atom stereocenters. The highest BCUT2D eigenvalue weighted by Crippen LogP contribution is 2.23. The van der Waals surface area contributed by atoms with Crippen molar-refractivity contribution in [2.45, 2.75) is 6.92 Å². The lowest BCUT2D eigenvalue weighted by Crippen LogP contribution is -2.09. The molecule has 0 saturated heterocycles. The normalized spacial score (nSPS) is 11.3. The Morgan fingerprint density at radius 3 is 2.22 bits per heavy atom. The standard InChI is InChI=1S/C25H22N8O2S/c1-17-3-4-19(15-27-17)24-28-16-33(31-24)22-11-9-20(10-12-22)29-25-26-14-13-23(30-25)18-5-7-21(8-6-18)32-36(2,34)35/h3-16,32H,1-2H3,(H,26,29,30). The molecule has 5 rings (SSSR count). The molecule has 11 heteroatoms. The molecule has 0 radical (unpaired) electrons. The molecule has 0 aliphatic heterocycles. The van der Waals surface area contributed by atoms with Crippen LogP contribution in [-0.4, -0.2) is 44.4 Å². The molecule has 2 aromatic carbocycles. The highest BCUT2D eigenvalue weighted by Gasteiger charge is 2.08. The van der Waals surface area contributed by atoms with Gasteiger partial charge in [0, 0.05) is 40.6 Å². The van der Waals surface area contributed by atoms with Crippen molar-refractivity contribution in [1.82, 2.24) is 29.7 Å². The Bertz CT molecular complexity index is 1600. The number of nitrogens with zero attached hydrogens (tertiary/aromatic N) is 6. The Hall–Kier alpha value is -4.64. The molecule has 0 spiro atoms. The average molecular weight is 499 g/mol. The number of hydrogen-bond donors (Lipinski definition) is 2. The van der Waals surface area contributed by atoms with Crippen molar-refractivity contribution in [3.05, 3.63) is 91.1 Å². The second-order valence-corrected chi connectivity index (χ2v) is 9.84. The molecular weight excluding hydrogens is 476 g/mol. The van der Waals surface area contributed by atoms with Gasteiger partial charge in [0.05, 0.1) is 17.6 Å². The first-order valence-corrected chi connectivity index (χ1v) is 12.8. The molecule has 0 bridgehead atoms. The molecule has 2 N–H and O–H groups in total. The van der Waals surface area contributed by atoms with Crippen LogP contribution < -0.4 is 10.0 Å². The fourth-order valence-corrected chi connectivity index (χ4v) is 4.01. The molecule has 5 aromatic rings. The first-order chi connectivity index (χ1) is 17.3. The minimum atomic E-state index is -3.33. The minimum absolute atomic E-state index is 0.438. The summed E-state index contributed by atoms with van der Waals surface area (Å²) in [6.45, 7) is 1.94. The van der Waals surface area contributed by atoms with Crippen LogP contribution in [0.1, 0.15) is 5.69 Å². The maximum Gasteiger partial charge on any atom is 0.229 e. The van der Waals surface area contributed by atoms with Crippen LogP contribution in [-0.2, 0) is 10.0 Å². The number of rotatable bonds is 7. The van der Waals surface area contributed by atoms with Gasteiger partial charge in [-0.05, 0) is 61.5 Å². The Balaban J connectivity index is 1.28. The van der Waals surface area contributed by atoms with E-state index >= 15 is 0 Å². The van der Waals surface area contributed by atoms with Crippen molar-refractivity contribution in [2.24, 2.45) is 0 Å². The summed E-state index contributed by atoms with van der Waals surface area (Å²) in [6, 6.07) is 20.3. The quantitative estimate of drug-likeness (QED) is 0.342. The number of pyridine rings is 1. The van der Waals surface area contributed by atoms with Gasteiger partial charge in [-0.15, -0.1) is 5.10 Å². The third-order valence-corrected chi connectivity index (χ3v) is 5.80. The molecule has 10 nitrogen and oxygen atoms in total. The van der Waals surface area contributed by atoms with E-state index in [1.165, 1.54) is 0 Å². The van der Waals surface area contributed by atoms with Crippen LogP contribution in [0.5, 0.6) is 0 Å². The summed E-state index contributed by atoms with van der Waals surface area (Å²) in [7, 11) is -3.33. The fraction of sp³-hybridized carbons (Fsp3) is 0.0800. The molecular formula is C25H22N8O2S. The van der Waals surface area contributed by atoms with Crippen molar-refractivity contribution < 1.29 is 8.42 Å². The second-order valence-electron chi connectivity index (χ2n) is 8.09. The highest BCUT2D eigenvalue weighted by atomic mass is 32.2. The van der Waals surface area contributed by atoms with Gasteiger partial charge in [-0.1, -0.05) is 12.1 Å². The summed E-state index contributed by atoms with van der Waals surface area (Å²) in [4.78, 5) is 17.6. The molecule has 36 heavy (non-hydrogen) atoms. The second kappa shape index (κ2) is 9.55. The average Bonchev–Trinajstić information content (AvgIpc) is 3.35. The van der Waals surface area contributed by atoms with Gasteiger partial charge in [-0.3, -0.25) is 9.71 Å². The van der Waals surface area contributed by atoms with E-state index in [9.17, 15) is 8.42 Å². The van der Waals surface area contributed by atoms with E-state index in [4.69, 9.17) is 0 Å². The first kappa shape index (κ1) is 23.1. The zero-order valence-corrected chi connectivity index (χ0v) is 20.3. The third-order valence-electron chi connectivity index (χ3n) is 5.19. The van der Waals surface area contributed by atoms with Gasteiger partial charge in [0.15, 0.2) is 5.82 Å². The summed E-state index contributed by atoms with van der Waals surface area (Å²) < 4.78 is 26.9. The van der Waals surface area contributed by atoms with Gasteiger partial charge in [-0.25, -0.2) is 28.1 Å². The number of sulfonamides is 1. The molecule has 3 heterocycles. The lowest BCUT2D eigenvalue weighted by molar-refractivity contribution is 0.607. The number of benzene rings is 2. The van der Waals surface area contributed by atoms with Crippen LogP contribution in [0.4, 0.5) is 17.3 Å². The maximum absolute atomic E-state index is 11.4. The van der Waals surface area contributed by atoms with Gasteiger partial charge in [-0.2, -0.15) is 0 Å². The van der Waals surface area contributed by atoms with Crippen molar-refractivity contribution in [2.75, 3.05) is 16.3 Å². The lowest BCUT2D eigenvalue weighted by atomic mass is 10.1. The monoisotopic (exact) mass is 498 g/mol. The largest absolute Gasteiger partial charge is 0.324 e. The Labute approximate surface area is 208 Å². The van der Waals surface area contributed by atoms with Crippen molar-refractivity contribution in [3.8, 4) is 28.3 Å². The van der Waals surface area contributed by atoms with E-state index in [1.807, 2.05) is 43.3 Å². The Kier molecular flexibility index (Phi) is 6.13. The van der Waals surface area contributed by atoms with Crippen LogP contribution in [0.15, 0.2) is 85.5 Å². The number of anilines is 3. The highest BCUT2D eigenvalue weighted by molar-refractivity contribution is 7.92. The van der Waals surface area contributed by atoms with Crippen LogP contribution in [0.3, 0.4) is 0 Å². The molecule has 0 amide bonds. The molecule has 180 valence electrons. The van der Waals surface area contributed by atoms with Crippen molar-refractivity contribution in [1.29, 1.82) is 0 Å². The fourth-order valence-electron chi connectivity index (χ4n) is 3.45. The number of aryl methyl sites for hydroxylation is 1. The Morgan fingerprint density at radius 2 is 1.53 bits per heavy atom. The van der Waals surface area contributed by atoms with Crippen LogP contribution in [0, 0.1) is 6.92 Å². The molecule has 0 fully saturated rings. The smallest absolute Gasteiger partial charge is 0.229 e. The molecule has 0 aliphatic carbocycles. The Morgan fingerprint density at radius 1 is 0.806 bits per heavy atom. The van der Waals surface area contributed by atoms with Crippen LogP contribution in [0.2, 0.25) is 0 Å². The maximum atomic E-state index is 11.4. The molecule has 0 saturated carbocycles. The zero-order valence-electron chi connectivity index (χ0n) is 19.5. The molecule has 0 atom stereocenters. The van der Waals surface area contributed by atoms with E-state index in [2.05, 4.69) is 35.1 Å². The summed E-state index contributed by atoms with van der Waals surface area (Å²) in [5.41, 5.74) is 5.50. The summed E-state index contributed by atoms with van der Waals surface area (Å²) in [5.74, 6) is 1.04.